The van der Waals surface area contributed by atoms with Crippen molar-refractivity contribution >= 4 is 5.69 Å². The first-order chi connectivity index (χ1) is 5.62. The molecule has 0 saturated heterocycles. The van der Waals surface area contributed by atoms with E-state index < -0.39 is 0 Å². The third-order valence-electron chi connectivity index (χ3n) is 3.08. The van der Waals surface area contributed by atoms with Crippen molar-refractivity contribution in [3.05, 3.63) is 29.8 Å². The number of fused-ring (bicyclic) bond motifs is 1. The Kier molecular flexibility index (Phi) is 1.44. The average Bonchev–Trinajstić information content (AvgIpc) is 2.25. The van der Waals surface area contributed by atoms with Gasteiger partial charge in [-0.1, -0.05) is 32.0 Å². The van der Waals surface area contributed by atoms with E-state index in [1.54, 1.807) is 0 Å². The lowest BCUT2D eigenvalue weighted by Crippen LogP contribution is -2.29. The summed E-state index contributed by atoms with van der Waals surface area (Å²) in [6, 6.07) is 9.10. The second kappa shape index (κ2) is 2.25. The van der Waals surface area contributed by atoms with Gasteiger partial charge in [0, 0.05) is 17.1 Å². The number of nitrogens with one attached hydrogen (secondary N) is 1. The van der Waals surface area contributed by atoms with Crippen molar-refractivity contribution in [2.45, 2.75) is 32.2 Å². The maximum atomic E-state index is 3.49. The number of rotatable bonds is 0. The van der Waals surface area contributed by atoms with E-state index in [0.717, 1.165) is 0 Å². The molecule has 1 unspecified atom stereocenters. The van der Waals surface area contributed by atoms with Crippen LogP contribution in [0.15, 0.2) is 24.3 Å². The smallest absolute Gasteiger partial charge is 0.0381 e. The Bertz CT molecular complexity index is 302. The molecule has 0 aromatic heterocycles. The SMILES string of the molecule is CC1Nc2ccccc2C1(C)C. The van der Waals surface area contributed by atoms with Crippen LogP contribution in [0.3, 0.4) is 0 Å². The van der Waals surface area contributed by atoms with Crippen LogP contribution in [0, 0.1) is 0 Å². The van der Waals surface area contributed by atoms with Crippen LogP contribution < -0.4 is 5.32 Å². The van der Waals surface area contributed by atoms with Crippen LogP contribution in [0.2, 0.25) is 0 Å². The molecule has 1 heteroatoms. The van der Waals surface area contributed by atoms with Crippen LogP contribution in [0.25, 0.3) is 0 Å². The highest BCUT2D eigenvalue weighted by Gasteiger charge is 2.35. The molecule has 0 radical (unpaired) electrons. The van der Waals surface area contributed by atoms with Gasteiger partial charge in [-0.3, -0.25) is 0 Å². The van der Waals surface area contributed by atoms with Gasteiger partial charge in [-0.05, 0) is 18.6 Å². The fraction of sp³-hybridized carbons (Fsp3) is 0.455. The second-order valence-electron chi connectivity index (χ2n) is 4.13. The summed E-state index contributed by atoms with van der Waals surface area (Å²) in [5.74, 6) is 0. The van der Waals surface area contributed by atoms with E-state index in [2.05, 4.69) is 50.4 Å². The molecule has 0 bridgehead atoms. The molecule has 1 aromatic rings. The molecule has 1 aliphatic rings. The standard InChI is InChI=1S/C11H15N/c1-8-11(2,3)9-6-4-5-7-10(9)12-8/h4-8,12H,1-3H3. The van der Waals surface area contributed by atoms with Crippen LogP contribution in [0.1, 0.15) is 26.3 Å². The van der Waals surface area contributed by atoms with Crippen molar-refractivity contribution in [3.63, 3.8) is 0 Å². The summed E-state index contributed by atoms with van der Waals surface area (Å²) in [6.07, 6.45) is 0. The number of para-hydroxylation sites is 1. The van der Waals surface area contributed by atoms with E-state index >= 15 is 0 Å². The Morgan fingerprint density at radius 1 is 1.25 bits per heavy atom. The van der Waals surface area contributed by atoms with Crippen molar-refractivity contribution < 1.29 is 0 Å². The number of hydrogen-bond acceptors (Lipinski definition) is 1. The van der Waals surface area contributed by atoms with Crippen LogP contribution in [0.4, 0.5) is 5.69 Å². The van der Waals surface area contributed by atoms with Gasteiger partial charge < -0.3 is 5.32 Å². The average molecular weight is 161 g/mol. The van der Waals surface area contributed by atoms with Crippen LogP contribution >= 0.6 is 0 Å². The molecule has 1 aliphatic heterocycles. The predicted octanol–water partition coefficient (Wildman–Crippen LogP) is 2.78. The zero-order valence-corrected chi connectivity index (χ0v) is 7.89. The molecule has 0 amide bonds. The zero-order valence-electron chi connectivity index (χ0n) is 7.89. The van der Waals surface area contributed by atoms with E-state index in [0.29, 0.717) is 6.04 Å². The highest BCUT2D eigenvalue weighted by Crippen LogP contribution is 2.39. The van der Waals surface area contributed by atoms with Gasteiger partial charge in [0.25, 0.3) is 0 Å². The summed E-state index contributed by atoms with van der Waals surface area (Å²) in [6.45, 7) is 6.81. The van der Waals surface area contributed by atoms with Crippen molar-refractivity contribution in [2.24, 2.45) is 0 Å². The number of hydrogen-bond donors (Lipinski definition) is 1. The van der Waals surface area contributed by atoms with Gasteiger partial charge in [0.1, 0.15) is 0 Å². The largest absolute Gasteiger partial charge is 0.381 e. The minimum absolute atomic E-state index is 0.274. The first-order valence-electron chi connectivity index (χ1n) is 4.48. The van der Waals surface area contributed by atoms with Crippen molar-refractivity contribution in [2.75, 3.05) is 5.32 Å². The molecule has 1 atom stereocenters. The normalized spacial score (nSPS) is 24.8. The fourth-order valence-corrected chi connectivity index (χ4v) is 1.82. The predicted molar refractivity (Wildman–Crippen MR) is 52.6 cm³/mol. The van der Waals surface area contributed by atoms with Gasteiger partial charge in [-0.25, -0.2) is 0 Å². The van der Waals surface area contributed by atoms with Crippen molar-refractivity contribution in [3.8, 4) is 0 Å². The lowest BCUT2D eigenvalue weighted by atomic mass is 9.81. The minimum Gasteiger partial charge on any atom is -0.381 e. The molecular weight excluding hydrogens is 146 g/mol. The van der Waals surface area contributed by atoms with E-state index in [1.165, 1.54) is 11.3 Å². The van der Waals surface area contributed by atoms with Gasteiger partial charge in [-0.2, -0.15) is 0 Å². The Balaban J connectivity index is 2.55. The molecule has 0 spiro atoms. The number of anilines is 1. The van der Waals surface area contributed by atoms with Gasteiger partial charge in [0.05, 0.1) is 0 Å². The Labute approximate surface area is 73.8 Å². The third-order valence-corrected chi connectivity index (χ3v) is 3.08. The summed E-state index contributed by atoms with van der Waals surface area (Å²) in [5, 5.41) is 3.49. The summed E-state index contributed by atoms with van der Waals surface area (Å²) in [4.78, 5) is 0. The second-order valence-corrected chi connectivity index (χ2v) is 4.13. The van der Waals surface area contributed by atoms with Gasteiger partial charge >= 0.3 is 0 Å². The van der Waals surface area contributed by atoms with E-state index in [9.17, 15) is 0 Å². The molecule has 0 saturated carbocycles. The molecule has 12 heavy (non-hydrogen) atoms. The Morgan fingerprint density at radius 3 is 2.58 bits per heavy atom. The Hall–Kier alpha value is -0.980. The highest BCUT2D eigenvalue weighted by atomic mass is 15.0. The lowest BCUT2D eigenvalue weighted by Gasteiger charge is -2.23. The summed E-state index contributed by atoms with van der Waals surface area (Å²) < 4.78 is 0. The summed E-state index contributed by atoms with van der Waals surface area (Å²) in [7, 11) is 0. The maximum Gasteiger partial charge on any atom is 0.0381 e. The molecule has 2 rings (SSSR count). The van der Waals surface area contributed by atoms with Gasteiger partial charge in [0.2, 0.25) is 0 Å². The summed E-state index contributed by atoms with van der Waals surface area (Å²) >= 11 is 0. The molecule has 1 aromatic carbocycles. The molecule has 1 nitrogen and oxygen atoms in total. The fourth-order valence-electron chi connectivity index (χ4n) is 1.82. The van der Waals surface area contributed by atoms with E-state index in [1.807, 2.05) is 0 Å². The van der Waals surface area contributed by atoms with Gasteiger partial charge in [0.15, 0.2) is 0 Å². The van der Waals surface area contributed by atoms with Crippen molar-refractivity contribution in [1.82, 2.24) is 0 Å². The maximum absolute atomic E-state index is 3.49. The molecule has 64 valence electrons. The lowest BCUT2D eigenvalue weighted by molar-refractivity contribution is 0.486. The van der Waals surface area contributed by atoms with Crippen LogP contribution in [0.5, 0.6) is 0 Å². The van der Waals surface area contributed by atoms with E-state index in [-0.39, 0.29) is 5.41 Å². The van der Waals surface area contributed by atoms with Crippen molar-refractivity contribution in [1.29, 1.82) is 0 Å². The highest BCUT2D eigenvalue weighted by molar-refractivity contribution is 5.61. The monoisotopic (exact) mass is 161 g/mol. The minimum atomic E-state index is 0.274. The third kappa shape index (κ3) is 0.857. The molecule has 0 fully saturated rings. The molecule has 0 aliphatic carbocycles. The van der Waals surface area contributed by atoms with E-state index in [4.69, 9.17) is 0 Å². The van der Waals surface area contributed by atoms with Gasteiger partial charge in [-0.15, -0.1) is 0 Å². The molecular formula is C11H15N. The quantitative estimate of drug-likeness (QED) is 0.617. The molecule has 1 heterocycles. The topological polar surface area (TPSA) is 12.0 Å². The number of benzene rings is 1. The van der Waals surface area contributed by atoms with Crippen LogP contribution in [-0.2, 0) is 5.41 Å². The first-order valence-corrected chi connectivity index (χ1v) is 4.48. The first kappa shape index (κ1) is 7.66. The summed E-state index contributed by atoms with van der Waals surface area (Å²) in [5.41, 5.74) is 3.02. The zero-order chi connectivity index (χ0) is 8.77. The Morgan fingerprint density at radius 2 is 1.92 bits per heavy atom. The van der Waals surface area contributed by atoms with Crippen LogP contribution in [-0.4, -0.2) is 6.04 Å². The molecule has 1 N–H and O–H groups in total.